The lowest BCUT2D eigenvalue weighted by atomic mass is 9.88. The Kier molecular flexibility index (Phi) is 4.39. The standard InChI is InChI=1S/C11H20O3/c1-3-9(11(13)14-2)10(12)8-6-4-5-7-8/h8-10,12H,3-7H2,1-2H3. The number of esters is 1. The minimum atomic E-state index is -0.505. The van der Waals surface area contributed by atoms with Gasteiger partial charge in [-0.2, -0.15) is 0 Å². The van der Waals surface area contributed by atoms with Crippen molar-refractivity contribution < 1.29 is 14.6 Å². The lowest BCUT2D eigenvalue weighted by Crippen LogP contribution is -2.33. The van der Waals surface area contributed by atoms with E-state index in [0.717, 1.165) is 12.8 Å². The molecule has 0 saturated heterocycles. The van der Waals surface area contributed by atoms with Gasteiger partial charge < -0.3 is 9.84 Å². The van der Waals surface area contributed by atoms with Crippen LogP contribution in [0.25, 0.3) is 0 Å². The molecule has 2 unspecified atom stereocenters. The van der Waals surface area contributed by atoms with Gasteiger partial charge in [-0.3, -0.25) is 4.79 Å². The Labute approximate surface area is 85.5 Å². The van der Waals surface area contributed by atoms with Gasteiger partial charge in [0.25, 0.3) is 0 Å². The number of hydrogen-bond acceptors (Lipinski definition) is 3. The van der Waals surface area contributed by atoms with Crippen molar-refractivity contribution in [2.24, 2.45) is 11.8 Å². The average Bonchev–Trinajstić information content (AvgIpc) is 2.71. The molecule has 0 aromatic heterocycles. The first kappa shape index (κ1) is 11.5. The molecule has 3 nitrogen and oxygen atoms in total. The van der Waals surface area contributed by atoms with Gasteiger partial charge >= 0.3 is 5.97 Å². The van der Waals surface area contributed by atoms with E-state index in [4.69, 9.17) is 0 Å². The van der Waals surface area contributed by atoms with Gasteiger partial charge in [0, 0.05) is 0 Å². The van der Waals surface area contributed by atoms with Crippen molar-refractivity contribution in [1.82, 2.24) is 0 Å². The van der Waals surface area contributed by atoms with Crippen LogP contribution in [0.15, 0.2) is 0 Å². The summed E-state index contributed by atoms with van der Waals surface area (Å²) in [5.41, 5.74) is 0. The Morgan fingerprint density at radius 1 is 1.50 bits per heavy atom. The first-order chi connectivity index (χ1) is 6.70. The first-order valence-electron chi connectivity index (χ1n) is 5.46. The Morgan fingerprint density at radius 2 is 2.07 bits per heavy atom. The average molecular weight is 200 g/mol. The van der Waals surface area contributed by atoms with Gasteiger partial charge in [-0.15, -0.1) is 0 Å². The van der Waals surface area contributed by atoms with Gasteiger partial charge in [-0.1, -0.05) is 19.8 Å². The smallest absolute Gasteiger partial charge is 0.311 e. The SMILES string of the molecule is CCC(C(=O)OC)C(O)C1CCCC1. The van der Waals surface area contributed by atoms with Crippen molar-refractivity contribution in [1.29, 1.82) is 0 Å². The molecule has 1 saturated carbocycles. The second-order valence-electron chi connectivity index (χ2n) is 4.07. The highest BCUT2D eigenvalue weighted by molar-refractivity contribution is 5.72. The highest BCUT2D eigenvalue weighted by Gasteiger charge is 2.33. The molecule has 0 aromatic rings. The highest BCUT2D eigenvalue weighted by atomic mass is 16.5. The molecule has 2 atom stereocenters. The van der Waals surface area contributed by atoms with Gasteiger partial charge in [-0.25, -0.2) is 0 Å². The lowest BCUT2D eigenvalue weighted by molar-refractivity contribution is -0.151. The van der Waals surface area contributed by atoms with Crippen LogP contribution in [0.4, 0.5) is 0 Å². The predicted octanol–water partition coefficient (Wildman–Crippen LogP) is 1.74. The number of methoxy groups -OCH3 is 1. The number of ether oxygens (including phenoxy) is 1. The molecule has 14 heavy (non-hydrogen) atoms. The Hall–Kier alpha value is -0.570. The largest absolute Gasteiger partial charge is 0.469 e. The maximum absolute atomic E-state index is 11.4. The summed E-state index contributed by atoms with van der Waals surface area (Å²) in [6.45, 7) is 1.92. The van der Waals surface area contributed by atoms with Gasteiger partial charge in [0.05, 0.1) is 19.1 Å². The third kappa shape index (κ3) is 2.47. The zero-order chi connectivity index (χ0) is 10.6. The third-order valence-corrected chi connectivity index (χ3v) is 3.24. The summed E-state index contributed by atoms with van der Waals surface area (Å²) < 4.78 is 4.69. The van der Waals surface area contributed by atoms with Crippen LogP contribution in [0.1, 0.15) is 39.0 Å². The molecule has 0 heterocycles. The fourth-order valence-electron chi connectivity index (χ4n) is 2.33. The van der Waals surface area contributed by atoms with Crippen LogP contribution in [0.3, 0.4) is 0 Å². The van der Waals surface area contributed by atoms with Gasteiger partial charge in [0.1, 0.15) is 0 Å². The fourth-order valence-corrected chi connectivity index (χ4v) is 2.33. The molecule has 0 spiro atoms. The van der Waals surface area contributed by atoms with Crippen LogP contribution in [-0.4, -0.2) is 24.3 Å². The quantitative estimate of drug-likeness (QED) is 0.703. The van der Waals surface area contributed by atoms with Crippen LogP contribution in [0.5, 0.6) is 0 Å². The van der Waals surface area contributed by atoms with E-state index < -0.39 is 6.10 Å². The van der Waals surface area contributed by atoms with Crippen LogP contribution < -0.4 is 0 Å². The Bertz CT molecular complexity index is 185. The van der Waals surface area contributed by atoms with Gasteiger partial charge in [0.15, 0.2) is 0 Å². The van der Waals surface area contributed by atoms with Crippen LogP contribution in [-0.2, 0) is 9.53 Å². The lowest BCUT2D eigenvalue weighted by Gasteiger charge is -2.24. The van der Waals surface area contributed by atoms with Crippen molar-refractivity contribution in [2.45, 2.75) is 45.1 Å². The second kappa shape index (κ2) is 5.35. The van der Waals surface area contributed by atoms with E-state index in [1.807, 2.05) is 6.92 Å². The number of aliphatic hydroxyl groups excluding tert-OH is 1. The molecule has 0 bridgehead atoms. The van der Waals surface area contributed by atoms with E-state index in [2.05, 4.69) is 4.74 Å². The molecule has 0 aliphatic heterocycles. The topological polar surface area (TPSA) is 46.5 Å². The van der Waals surface area contributed by atoms with Crippen LogP contribution in [0, 0.1) is 11.8 Å². The van der Waals surface area contributed by atoms with Crippen LogP contribution in [0.2, 0.25) is 0 Å². The van der Waals surface area contributed by atoms with E-state index in [0.29, 0.717) is 12.3 Å². The summed E-state index contributed by atoms with van der Waals surface area (Å²) in [7, 11) is 1.38. The molecule has 0 aromatic carbocycles. The number of hydrogen-bond donors (Lipinski definition) is 1. The van der Waals surface area contributed by atoms with Crippen molar-refractivity contribution in [3.63, 3.8) is 0 Å². The van der Waals surface area contributed by atoms with Crippen molar-refractivity contribution in [3.05, 3.63) is 0 Å². The normalized spacial score (nSPS) is 21.9. The second-order valence-corrected chi connectivity index (χ2v) is 4.07. The first-order valence-corrected chi connectivity index (χ1v) is 5.46. The molecular formula is C11H20O3. The highest BCUT2D eigenvalue weighted by Crippen LogP contribution is 2.32. The van der Waals surface area contributed by atoms with Crippen molar-refractivity contribution in [2.75, 3.05) is 7.11 Å². The summed E-state index contributed by atoms with van der Waals surface area (Å²) in [5, 5.41) is 10.0. The molecule has 0 amide bonds. The molecule has 1 aliphatic rings. The Balaban J connectivity index is 2.54. The van der Waals surface area contributed by atoms with E-state index in [9.17, 15) is 9.90 Å². The third-order valence-electron chi connectivity index (χ3n) is 3.24. The zero-order valence-electron chi connectivity index (χ0n) is 9.03. The number of rotatable bonds is 4. The van der Waals surface area contributed by atoms with Crippen molar-refractivity contribution in [3.8, 4) is 0 Å². The summed E-state index contributed by atoms with van der Waals surface area (Å²) in [4.78, 5) is 11.4. The number of aliphatic hydroxyl groups is 1. The number of carbonyl (C=O) groups excluding carboxylic acids is 1. The Morgan fingerprint density at radius 3 is 2.50 bits per heavy atom. The van der Waals surface area contributed by atoms with E-state index in [-0.39, 0.29) is 11.9 Å². The monoisotopic (exact) mass is 200 g/mol. The minimum Gasteiger partial charge on any atom is -0.469 e. The molecule has 1 aliphatic carbocycles. The van der Waals surface area contributed by atoms with E-state index >= 15 is 0 Å². The molecule has 1 fully saturated rings. The molecule has 1 N–H and O–H groups in total. The molecule has 1 rings (SSSR count). The predicted molar refractivity (Wildman–Crippen MR) is 53.8 cm³/mol. The molecular weight excluding hydrogens is 180 g/mol. The minimum absolute atomic E-state index is 0.271. The fraction of sp³-hybridized carbons (Fsp3) is 0.909. The van der Waals surface area contributed by atoms with Crippen molar-refractivity contribution >= 4 is 5.97 Å². The maximum Gasteiger partial charge on any atom is 0.311 e. The van der Waals surface area contributed by atoms with E-state index in [1.54, 1.807) is 0 Å². The van der Waals surface area contributed by atoms with Crippen LogP contribution >= 0.6 is 0 Å². The molecule has 0 radical (unpaired) electrons. The van der Waals surface area contributed by atoms with Gasteiger partial charge in [0.2, 0.25) is 0 Å². The molecule has 3 heteroatoms. The summed E-state index contributed by atoms with van der Waals surface area (Å²) in [6, 6.07) is 0. The summed E-state index contributed by atoms with van der Waals surface area (Å²) in [6.07, 6.45) is 4.61. The summed E-state index contributed by atoms with van der Waals surface area (Å²) >= 11 is 0. The summed E-state index contributed by atoms with van der Waals surface area (Å²) in [5.74, 6) is -0.297. The molecule has 82 valence electrons. The zero-order valence-corrected chi connectivity index (χ0v) is 9.03. The maximum atomic E-state index is 11.4. The number of carbonyl (C=O) groups is 1. The van der Waals surface area contributed by atoms with Gasteiger partial charge in [-0.05, 0) is 25.2 Å². The van der Waals surface area contributed by atoms with E-state index in [1.165, 1.54) is 20.0 Å².